The third-order valence-corrected chi connectivity index (χ3v) is 5.61. The van der Waals surface area contributed by atoms with E-state index in [-0.39, 0.29) is 17.2 Å². The molecule has 130 valence electrons. The average Bonchev–Trinajstić information content (AvgIpc) is 2.70. The van der Waals surface area contributed by atoms with Crippen LogP contribution in [0, 0.1) is 11.6 Å². The molecule has 7 heteroatoms. The zero-order valence-corrected chi connectivity index (χ0v) is 14.4. The van der Waals surface area contributed by atoms with Crippen LogP contribution in [0.2, 0.25) is 0 Å². The van der Waals surface area contributed by atoms with E-state index in [2.05, 4.69) is 10.3 Å². The number of carbonyl (C=O) groups excluding carboxylic acids is 1. The van der Waals surface area contributed by atoms with Crippen LogP contribution in [0.15, 0.2) is 23.2 Å². The van der Waals surface area contributed by atoms with Gasteiger partial charge < -0.3 is 10.1 Å². The number of ether oxygens (including phenoxy) is 1. The molecule has 1 amide bonds. The summed E-state index contributed by atoms with van der Waals surface area (Å²) in [5, 5.41) is 3.44. The van der Waals surface area contributed by atoms with Crippen LogP contribution in [0.4, 0.5) is 13.8 Å². The fourth-order valence-corrected chi connectivity index (χ4v) is 4.41. The minimum atomic E-state index is -0.740. The lowest BCUT2D eigenvalue weighted by Crippen LogP contribution is -2.22. The molecule has 0 spiro atoms. The van der Waals surface area contributed by atoms with Gasteiger partial charge in [0.2, 0.25) is 5.91 Å². The van der Waals surface area contributed by atoms with Crippen LogP contribution in [0.25, 0.3) is 0 Å². The van der Waals surface area contributed by atoms with E-state index in [4.69, 9.17) is 4.74 Å². The summed E-state index contributed by atoms with van der Waals surface area (Å²) in [5.74, 6) is -1.67. The van der Waals surface area contributed by atoms with Crippen LogP contribution in [-0.2, 0) is 22.6 Å². The summed E-state index contributed by atoms with van der Waals surface area (Å²) in [4.78, 5) is 17.7. The van der Waals surface area contributed by atoms with E-state index in [1.165, 1.54) is 29.5 Å². The Morgan fingerprint density at radius 3 is 2.80 bits per heavy atom. The van der Waals surface area contributed by atoms with Crippen LogP contribution in [0.1, 0.15) is 34.9 Å². The molecule has 1 aromatic heterocycles. The van der Waals surface area contributed by atoms with Gasteiger partial charge in [-0.3, -0.25) is 9.79 Å². The fraction of sp³-hybridized carbons (Fsp3) is 0.333. The molecule has 0 unspecified atom stereocenters. The monoisotopic (exact) mass is 362 g/mol. The predicted octanol–water partition coefficient (Wildman–Crippen LogP) is 3.67. The molecule has 0 saturated heterocycles. The molecule has 4 nitrogen and oxygen atoms in total. The first kappa shape index (κ1) is 16.4. The minimum absolute atomic E-state index is 0.180. The third-order valence-electron chi connectivity index (χ3n) is 4.40. The fourth-order valence-electron chi connectivity index (χ4n) is 3.16. The number of aliphatic imine (C=N–C) groups is 1. The van der Waals surface area contributed by atoms with Crippen molar-refractivity contribution in [3.8, 4) is 0 Å². The second kappa shape index (κ2) is 6.31. The summed E-state index contributed by atoms with van der Waals surface area (Å²) in [6.07, 6.45) is 1.68. The highest BCUT2D eigenvalue weighted by atomic mass is 32.1. The lowest BCUT2D eigenvalue weighted by molar-refractivity contribution is -0.116. The van der Waals surface area contributed by atoms with E-state index in [0.29, 0.717) is 23.8 Å². The number of aryl methyl sites for hydroxylation is 1. The van der Waals surface area contributed by atoms with Gasteiger partial charge in [-0.25, -0.2) is 8.78 Å². The van der Waals surface area contributed by atoms with Gasteiger partial charge in [-0.05, 0) is 31.9 Å². The largest absolute Gasteiger partial charge is 0.377 e. The second-order valence-corrected chi connectivity index (χ2v) is 7.21. The summed E-state index contributed by atoms with van der Waals surface area (Å²) in [6, 6.07) is 2.98. The smallest absolute Gasteiger partial charge is 0.249 e. The van der Waals surface area contributed by atoms with Gasteiger partial charge >= 0.3 is 0 Å². The van der Waals surface area contributed by atoms with Crippen molar-refractivity contribution in [1.29, 1.82) is 0 Å². The summed E-state index contributed by atoms with van der Waals surface area (Å²) >= 11 is 1.44. The molecule has 1 N–H and O–H groups in total. The summed E-state index contributed by atoms with van der Waals surface area (Å²) in [6.45, 7) is 2.60. The molecule has 0 saturated carbocycles. The van der Waals surface area contributed by atoms with Gasteiger partial charge in [-0.2, -0.15) is 0 Å². The Bertz CT molecular complexity index is 871. The number of hydrogen-bond acceptors (Lipinski definition) is 4. The number of nitrogens with one attached hydrogen (secondary N) is 1. The third kappa shape index (κ3) is 2.77. The topological polar surface area (TPSA) is 50.7 Å². The van der Waals surface area contributed by atoms with Gasteiger partial charge in [0.1, 0.15) is 22.7 Å². The standard InChI is InChI=1S/C18H16F2N2O2S/c1-9-17(23)22-18-14(10-8-24-7-3-6-13(10)25-18)16(21-9)15-11(19)4-2-5-12(15)20/h2,4-5,9H,3,6-8H2,1H3,(H,22,23)/t9-/m0/s1. The zero-order valence-electron chi connectivity index (χ0n) is 13.6. The molecule has 0 radical (unpaired) electrons. The highest BCUT2D eigenvalue weighted by Gasteiger charge is 2.32. The number of rotatable bonds is 1. The molecule has 25 heavy (non-hydrogen) atoms. The highest BCUT2D eigenvalue weighted by molar-refractivity contribution is 7.17. The van der Waals surface area contributed by atoms with E-state index < -0.39 is 17.7 Å². The van der Waals surface area contributed by atoms with Crippen molar-refractivity contribution in [1.82, 2.24) is 0 Å². The molecular weight excluding hydrogens is 346 g/mol. The normalized spacial score (nSPS) is 20.0. The summed E-state index contributed by atoms with van der Waals surface area (Å²) in [5.41, 5.74) is 1.44. The molecule has 2 aliphatic heterocycles. The number of hydrogen-bond donors (Lipinski definition) is 1. The van der Waals surface area contributed by atoms with Crippen LogP contribution < -0.4 is 5.32 Å². The van der Waals surface area contributed by atoms with Gasteiger partial charge in [0.05, 0.1) is 17.9 Å². The SMILES string of the molecule is C[C@@H]1N=C(c2c(F)cccc2F)c2c(sc3c2COCCC3)NC1=O. The molecule has 3 heterocycles. The Kier molecular flexibility index (Phi) is 4.13. The van der Waals surface area contributed by atoms with Crippen molar-refractivity contribution in [2.24, 2.45) is 4.99 Å². The maximum atomic E-state index is 14.5. The number of fused-ring (bicyclic) bond motifs is 3. The number of nitrogens with zero attached hydrogens (tertiary/aromatic N) is 1. The molecule has 4 rings (SSSR count). The van der Waals surface area contributed by atoms with Crippen LogP contribution in [0.5, 0.6) is 0 Å². The second-order valence-electron chi connectivity index (χ2n) is 6.10. The quantitative estimate of drug-likeness (QED) is 0.842. The molecule has 2 aromatic rings. The van der Waals surface area contributed by atoms with Crippen molar-refractivity contribution < 1.29 is 18.3 Å². The van der Waals surface area contributed by atoms with Gasteiger partial charge in [0.25, 0.3) is 0 Å². The maximum Gasteiger partial charge on any atom is 0.249 e. The Labute approximate surface area is 147 Å². The number of halogens is 2. The summed E-state index contributed by atoms with van der Waals surface area (Å²) < 4.78 is 34.5. The molecule has 0 bridgehead atoms. The van der Waals surface area contributed by atoms with E-state index in [1.807, 2.05) is 0 Å². The van der Waals surface area contributed by atoms with Crippen LogP contribution >= 0.6 is 11.3 Å². The summed E-state index contributed by atoms with van der Waals surface area (Å²) in [7, 11) is 0. The Hall–Kier alpha value is -2.12. The van der Waals surface area contributed by atoms with Gasteiger partial charge in [0, 0.05) is 22.6 Å². The molecule has 0 aliphatic carbocycles. The number of benzene rings is 1. The van der Waals surface area contributed by atoms with E-state index in [9.17, 15) is 13.6 Å². The Balaban J connectivity index is 1.99. The molecular formula is C18H16F2N2O2S. The molecule has 0 fully saturated rings. The van der Waals surface area contributed by atoms with E-state index in [1.54, 1.807) is 6.92 Å². The zero-order chi connectivity index (χ0) is 17.6. The van der Waals surface area contributed by atoms with Crippen molar-refractivity contribution in [2.45, 2.75) is 32.4 Å². The first-order valence-electron chi connectivity index (χ1n) is 8.12. The Morgan fingerprint density at radius 1 is 1.28 bits per heavy atom. The van der Waals surface area contributed by atoms with Crippen molar-refractivity contribution in [3.63, 3.8) is 0 Å². The van der Waals surface area contributed by atoms with E-state index >= 15 is 0 Å². The molecule has 2 aliphatic rings. The number of carbonyl (C=O) groups is 1. The minimum Gasteiger partial charge on any atom is -0.377 e. The number of amides is 1. The van der Waals surface area contributed by atoms with Crippen LogP contribution in [0.3, 0.4) is 0 Å². The maximum absolute atomic E-state index is 14.5. The number of anilines is 1. The molecule has 1 aromatic carbocycles. The van der Waals surface area contributed by atoms with Gasteiger partial charge in [0.15, 0.2) is 0 Å². The van der Waals surface area contributed by atoms with Crippen molar-refractivity contribution in [2.75, 3.05) is 11.9 Å². The lowest BCUT2D eigenvalue weighted by atomic mass is 9.97. The molecule has 1 atom stereocenters. The van der Waals surface area contributed by atoms with Crippen molar-refractivity contribution >= 4 is 28.0 Å². The predicted molar refractivity (Wildman–Crippen MR) is 92.4 cm³/mol. The van der Waals surface area contributed by atoms with Gasteiger partial charge in [-0.15, -0.1) is 11.3 Å². The lowest BCUT2D eigenvalue weighted by Gasteiger charge is -2.11. The van der Waals surface area contributed by atoms with Crippen molar-refractivity contribution in [3.05, 3.63) is 51.4 Å². The highest BCUT2D eigenvalue weighted by Crippen LogP contribution is 2.40. The van der Waals surface area contributed by atoms with E-state index in [0.717, 1.165) is 23.3 Å². The average molecular weight is 362 g/mol. The number of thiophene rings is 1. The first-order valence-corrected chi connectivity index (χ1v) is 8.93. The van der Waals surface area contributed by atoms with Crippen LogP contribution in [-0.4, -0.2) is 24.3 Å². The van der Waals surface area contributed by atoms with Gasteiger partial charge in [-0.1, -0.05) is 6.07 Å². The Morgan fingerprint density at radius 2 is 2.04 bits per heavy atom. The first-order chi connectivity index (χ1) is 12.1.